The van der Waals surface area contributed by atoms with E-state index >= 15 is 0 Å². The monoisotopic (exact) mass is 153 g/mol. The lowest BCUT2D eigenvalue weighted by Crippen LogP contribution is -1.97. The summed E-state index contributed by atoms with van der Waals surface area (Å²) < 4.78 is 7.15. The van der Waals surface area contributed by atoms with Crippen molar-refractivity contribution in [1.82, 2.24) is 9.78 Å². The van der Waals surface area contributed by atoms with Gasteiger partial charge in [-0.1, -0.05) is 0 Å². The molecular formula is C7H11N3O. The quantitative estimate of drug-likeness (QED) is 0.638. The Kier molecular flexibility index (Phi) is 1.35. The van der Waals surface area contributed by atoms with Gasteiger partial charge in [0.05, 0.1) is 18.9 Å². The van der Waals surface area contributed by atoms with Crippen LogP contribution in [0.3, 0.4) is 0 Å². The molecule has 0 spiro atoms. The van der Waals surface area contributed by atoms with E-state index in [0.29, 0.717) is 13.2 Å². The van der Waals surface area contributed by atoms with E-state index in [1.165, 1.54) is 11.3 Å². The molecule has 0 bridgehead atoms. The second-order valence-electron chi connectivity index (χ2n) is 2.64. The lowest BCUT2D eigenvalue weighted by atomic mass is 10.3. The number of hydrogen-bond donors (Lipinski definition) is 1. The van der Waals surface area contributed by atoms with Crippen molar-refractivity contribution in [2.45, 2.75) is 13.2 Å². The van der Waals surface area contributed by atoms with Crippen LogP contribution in [0.25, 0.3) is 0 Å². The predicted octanol–water partition coefficient (Wildman–Crippen LogP) is 0.492. The van der Waals surface area contributed by atoms with E-state index in [0.717, 1.165) is 5.82 Å². The molecule has 4 heteroatoms. The Morgan fingerprint density at radius 1 is 1.55 bits per heavy atom. The first-order valence-corrected chi connectivity index (χ1v) is 3.63. The van der Waals surface area contributed by atoms with E-state index in [1.54, 1.807) is 0 Å². The highest BCUT2D eigenvalue weighted by Gasteiger charge is 2.20. The Balaban J connectivity index is 2.52. The third-order valence-electron chi connectivity index (χ3n) is 2.00. The first kappa shape index (κ1) is 6.67. The summed E-state index contributed by atoms with van der Waals surface area (Å²) in [5, 5.41) is 7.31. The molecule has 0 saturated heterocycles. The Hall–Kier alpha value is -1.03. The molecule has 60 valence electrons. The SMILES string of the molecule is CNc1nn(C)c2c1COC2. The summed E-state index contributed by atoms with van der Waals surface area (Å²) >= 11 is 0. The second-order valence-corrected chi connectivity index (χ2v) is 2.64. The van der Waals surface area contributed by atoms with Crippen LogP contribution in [0.4, 0.5) is 5.82 Å². The lowest BCUT2D eigenvalue weighted by Gasteiger charge is -1.95. The Bertz CT molecular complexity index is 279. The van der Waals surface area contributed by atoms with Crippen LogP contribution in [-0.2, 0) is 25.0 Å². The van der Waals surface area contributed by atoms with Crippen LogP contribution < -0.4 is 5.32 Å². The van der Waals surface area contributed by atoms with Crippen LogP contribution in [-0.4, -0.2) is 16.8 Å². The fourth-order valence-electron chi connectivity index (χ4n) is 1.39. The standard InChI is InChI=1S/C7H11N3O/c1-8-7-5-3-11-4-6(5)10(2)9-7/h3-4H2,1-2H3,(H,8,9). The molecule has 1 aliphatic rings. The Labute approximate surface area is 65.2 Å². The molecular weight excluding hydrogens is 142 g/mol. The molecule has 2 heterocycles. The summed E-state index contributed by atoms with van der Waals surface area (Å²) in [6.07, 6.45) is 0. The van der Waals surface area contributed by atoms with E-state index in [9.17, 15) is 0 Å². The van der Waals surface area contributed by atoms with Gasteiger partial charge < -0.3 is 10.1 Å². The fourth-order valence-corrected chi connectivity index (χ4v) is 1.39. The average molecular weight is 153 g/mol. The highest BCUT2D eigenvalue weighted by molar-refractivity contribution is 5.47. The number of aromatic nitrogens is 2. The molecule has 0 aliphatic carbocycles. The molecule has 0 aromatic carbocycles. The molecule has 2 rings (SSSR count). The van der Waals surface area contributed by atoms with Crippen molar-refractivity contribution < 1.29 is 4.74 Å². The van der Waals surface area contributed by atoms with Gasteiger partial charge in [-0.15, -0.1) is 0 Å². The van der Waals surface area contributed by atoms with Crippen LogP contribution in [0.15, 0.2) is 0 Å². The third kappa shape index (κ3) is 0.826. The minimum atomic E-state index is 0.694. The first-order chi connectivity index (χ1) is 5.33. The lowest BCUT2D eigenvalue weighted by molar-refractivity contribution is 0.130. The minimum Gasteiger partial charge on any atom is -0.371 e. The number of nitrogens with one attached hydrogen (secondary N) is 1. The molecule has 0 atom stereocenters. The van der Waals surface area contributed by atoms with E-state index in [2.05, 4.69) is 10.4 Å². The largest absolute Gasteiger partial charge is 0.371 e. The molecule has 11 heavy (non-hydrogen) atoms. The van der Waals surface area contributed by atoms with Gasteiger partial charge in [0, 0.05) is 19.7 Å². The number of anilines is 1. The zero-order valence-corrected chi connectivity index (χ0v) is 6.72. The van der Waals surface area contributed by atoms with Gasteiger partial charge in [0.1, 0.15) is 0 Å². The first-order valence-electron chi connectivity index (χ1n) is 3.63. The second kappa shape index (κ2) is 2.23. The molecule has 0 unspecified atom stereocenters. The number of fused-ring (bicyclic) bond motifs is 1. The minimum absolute atomic E-state index is 0.694. The van der Waals surface area contributed by atoms with Crippen molar-refractivity contribution in [3.8, 4) is 0 Å². The van der Waals surface area contributed by atoms with Gasteiger partial charge in [0.15, 0.2) is 5.82 Å². The van der Waals surface area contributed by atoms with E-state index in [4.69, 9.17) is 4.74 Å². The number of ether oxygens (including phenoxy) is 1. The van der Waals surface area contributed by atoms with E-state index in [1.807, 2.05) is 18.8 Å². The number of aryl methyl sites for hydroxylation is 1. The molecule has 4 nitrogen and oxygen atoms in total. The van der Waals surface area contributed by atoms with Crippen molar-refractivity contribution in [1.29, 1.82) is 0 Å². The van der Waals surface area contributed by atoms with Crippen molar-refractivity contribution in [2.75, 3.05) is 12.4 Å². The van der Waals surface area contributed by atoms with Crippen molar-refractivity contribution >= 4 is 5.82 Å². The van der Waals surface area contributed by atoms with Gasteiger partial charge >= 0.3 is 0 Å². The highest BCUT2D eigenvalue weighted by atomic mass is 16.5. The fraction of sp³-hybridized carbons (Fsp3) is 0.571. The molecule has 1 aliphatic heterocycles. The molecule has 1 aromatic rings. The van der Waals surface area contributed by atoms with Crippen molar-refractivity contribution in [3.05, 3.63) is 11.3 Å². The van der Waals surface area contributed by atoms with Gasteiger partial charge in [-0.2, -0.15) is 5.10 Å². The van der Waals surface area contributed by atoms with Crippen LogP contribution in [0, 0.1) is 0 Å². The summed E-state index contributed by atoms with van der Waals surface area (Å²) in [4.78, 5) is 0. The van der Waals surface area contributed by atoms with Crippen molar-refractivity contribution in [3.63, 3.8) is 0 Å². The summed E-state index contributed by atoms with van der Waals surface area (Å²) in [6, 6.07) is 0. The van der Waals surface area contributed by atoms with Crippen molar-refractivity contribution in [2.24, 2.45) is 7.05 Å². The van der Waals surface area contributed by atoms with Gasteiger partial charge in [-0.3, -0.25) is 4.68 Å². The van der Waals surface area contributed by atoms with Gasteiger partial charge in [0.2, 0.25) is 0 Å². The maximum absolute atomic E-state index is 5.28. The normalized spacial score (nSPS) is 15.1. The molecule has 0 saturated carbocycles. The highest BCUT2D eigenvalue weighted by Crippen LogP contribution is 2.25. The van der Waals surface area contributed by atoms with E-state index in [-0.39, 0.29) is 0 Å². The molecule has 1 aromatic heterocycles. The zero-order chi connectivity index (χ0) is 7.84. The van der Waals surface area contributed by atoms with Gasteiger partial charge in [-0.25, -0.2) is 0 Å². The number of hydrogen-bond acceptors (Lipinski definition) is 3. The smallest absolute Gasteiger partial charge is 0.153 e. The molecule has 0 fully saturated rings. The van der Waals surface area contributed by atoms with Crippen LogP contribution in [0.2, 0.25) is 0 Å². The molecule has 0 radical (unpaired) electrons. The topological polar surface area (TPSA) is 39.1 Å². The Morgan fingerprint density at radius 3 is 3.09 bits per heavy atom. The average Bonchev–Trinajstić information content (AvgIpc) is 2.54. The van der Waals surface area contributed by atoms with Crippen LogP contribution >= 0.6 is 0 Å². The molecule has 0 amide bonds. The summed E-state index contributed by atoms with van der Waals surface area (Å²) in [6.45, 7) is 1.39. The van der Waals surface area contributed by atoms with Crippen LogP contribution in [0.1, 0.15) is 11.3 Å². The third-order valence-corrected chi connectivity index (χ3v) is 2.00. The maximum Gasteiger partial charge on any atom is 0.153 e. The van der Waals surface area contributed by atoms with Crippen LogP contribution in [0.5, 0.6) is 0 Å². The summed E-state index contributed by atoms with van der Waals surface area (Å²) in [7, 11) is 3.81. The zero-order valence-electron chi connectivity index (χ0n) is 6.72. The van der Waals surface area contributed by atoms with Gasteiger partial charge in [0.25, 0.3) is 0 Å². The predicted molar refractivity (Wildman–Crippen MR) is 41.2 cm³/mol. The Morgan fingerprint density at radius 2 is 2.36 bits per heavy atom. The summed E-state index contributed by atoms with van der Waals surface area (Å²) in [5.74, 6) is 0.944. The number of nitrogens with zero attached hydrogens (tertiary/aromatic N) is 2. The van der Waals surface area contributed by atoms with Gasteiger partial charge in [-0.05, 0) is 0 Å². The summed E-state index contributed by atoms with van der Waals surface area (Å²) in [5.41, 5.74) is 2.39. The number of rotatable bonds is 1. The molecule has 1 N–H and O–H groups in total. The van der Waals surface area contributed by atoms with E-state index < -0.39 is 0 Å². The maximum atomic E-state index is 5.28.